The first-order valence-corrected chi connectivity index (χ1v) is 6.68. The van der Waals surface area contributed by atoms with Gasteiger partial charge >= 0.3 is 0 Å². The monoisotopic (exact) mass is 212 g/mol. The predicted molar refractivity (Wildman–Crippen MR) is 67.2 cm³/mol. The molecule has 1 unspecified atom stereocenters. The van der Waals surface area contributed by atoms with E-state index in [2.05, 4.69) is 37.9 Å². The summed E-state index contributed by atoms with van der Waals surface area (Å²) >= 11 is 0. The first kappa shape index (κ1) is 13.0. The van der Waals surface area contributed by atoms with Crippen molar-refractivity contribution in [1.29, 1.82) is 0 Å². The van der Waals surface area contributed by atoms with Gasteiger partial charge in [0.25, 0.3) is 0 Å². The highest BCUT2D eigenvalue weighted by Gasteiger charge is 2.32. The van der Waals surface area contributed by atoms with Crippen LogP contribution in [0, 0.1) is 0 Å². The highest BCUT2D eigenvalue weighted by atomic mass is 15.2. The Labute approximate surface area is 95.4 Å². The zero-order chi connectivity index (χ0) is 11.3. The van der Waals surface area contributed by atoms with Crippen LogP contribution in [0.25, 0.3) is 0 Å². The van der Waals surface area contributed by atoms with Gasteiger partial charge in [-0.25, -0.2) is 0 Å². The summed E-state index contributed by atoms with van der Waals surface area (Å²) in [5.74, 6) is 0. The number of nitrogens with zero attached hydrogens (tertiary/aromatic N) is 1. The Kier molecular flexibility index (Phi) is 5.62. The normalized spacial score (nSPS) is 18.8. The molecule has 2 nitrogen and oxygen atoms in total. The first-order valence-electron chi connectivity index (χ1n) is 6.68. The van der Waals surface area contributed by atoms with Crippen molar-refractivity contribution >= 4 is 0 Å². The highest BCUT2D eigenvalue weighted by Crippen LogP contribution is 2.29. The van der Waals surface area contributed by atoms with Crippen LogP contribution in [0.3, 0.4) is 0 Å². The van der Waals surface area contributed by atoms with Crippen LogP contribution in [0.1, 0.15) is 53.4 Å². The topological polar surface area (TPSA) is 15.3 Å². The smallest absolute Gasteiger partial charge is 0.0223 e. The zero-order valence-electron chi connectivity index (χ0n) is 10.9. The van der Waals surface area contributed by atoms with Gasteiger partial charge in [-0.05, 0) is 25.8 Å². The van der Waals surface area contributed by atoms with Gasteiger partial charge < -0.3 is 5.32 Å². The number of nitrogens with one attached hydrogen (secondary N) is 1. The number of hydrogen-bond donors (Lipinski definition) is 1. The summed E-state index contributed by atoms with van der Waals surface area (Å²) in [6, 6.07) is 2.28. The van der Waals surface area contributed by atoms with E-state index < -0.39 is 0 Å². The van der Waals surface area contributed by atoms with Crippen LogP contribution in [0.5, 0.6) is 0 Å². The average molecular weight is 212 g/mol. The van der Waals surface area contributed by atoms with Gasteiger partial charge in [0, 0.05) is 24.7 Å². The van der Waals surface area contributed by atoms with Crippen molar-refractivity contribution in [3.8, 4) is 0 Å². The average Bonchev–Trinajstić information content (AvgIpc) is 2.99. The van der Waals surface area contributed by atoms with E-state index in [9.17, 15) is 0 Å². The molecule has 0 aliphatic heterocycles. The molecule has 90 valence electrons. The highest BCUT2D eigenvalue weighted by molar-refractivity contribution is 4.89. The van der Waals surface area contributed by atoms with E-state index in [0.29, 0.717) is 6.04 Å². The van der Waals surface area contributed by atoms with Gasteiger partial charge in [-0.3, -0.25) is 4.90 Å². The second kappa shape index (κ2) is 6.49. The Hall–Kier alpha value is -0.0800. The molecule has 0 bridgehead atoms. The third kappa shape index (κ3) is 4.52. The van der Waals surface area contributed by atoms with Crippen molar-refractivity contribution in [3.05, 3.63) is 0 Å². The molecule has 0 radical (unpaired) electrons. The van der Waals surface area contributed by atoms with Crippen LogP contribution >= 0.6 is 0 Å². The molecule has 1 aliphatic carbocycles. The van der Waals surface area contributed by atoms with E-state index in [0.717, 1.165) is 18.6 Å². The molecule has 0 heterocycles. The summed E-state index contributed by atoms with van der Waals surface area (Å²) in [5.41, 5.74) is 0. The minimum Gasteiger partial charge on any atom is -0.313 e. The van der Waals surface area contributed by atoms with Crippen LogP contribution in [-0.2, 0) is 0 Å². The van der Waals surface area contributed by atoms with Gasteiger partial charge in [0.1, 0.15) is 0 Å². The summed E-state index contributed by atoms with van der Waals surface area (Å²) in [5, 5.41) is 3.59. The van der Waals surface area contributed by atoms with Crippen molar-refractivity contribution in [2.45, 2.75) is 71.5 Å². The quantitative estimate of drug-likeness (QED) is 0.665. The molecular formula is C13H28N2. The fraction of sp³-hybridized carbons (Fsp3) is 1.00. The number of likely N-dealkylation sites (N-methyl/N-ethyl adjacent to an activating group) is 1. The summed E-state index contributed by atoms with van der Waals surface area (Å²) in [6.45, 7) is 11.4. The molecule has 0 saturated heterocycles. The molecule has 2 heteroatoms. The van der Waals surface area contributed by atoms with Crippen molar-refractivity contribution in [2.75, 3.05) is 13.1 Å². The SMILES string of the molecule is CCCC(CNC(C)C)N(CC)C1CC1. The summed E-state index contributed by atoms with van der Waals surface area (Å²) < 4.78 is 0. The molecule has 1 atom stereocenters. The zero-order valence-corrected chi connectivity index (χ0v) is 10.9. The minimum atomic E-state index is 0.613. The van der Waals surface area contributed by atoms with Crippen LogP contribution in [-0.4, -0.2) is 36.1 Å². The molecule has 1 N–H and O–H groups in total. The van der Waals surface area contributed by atoms with Gasteiger partial charge in [0.2, 0.25) is 0 Å². The van der Waals surface area contributed by atoms with E-state index in [1.165, 1.54) is 32.2 Å². The summed E-state index contributed by atoms with van der Waals surface area (Å²) in [7, 11) is 0. The Morgan fingerprint density at radius 2 is 1.93 bits per heavy atom. The van der Waals surface area contributed by atoms with Crippen LogP contribution in [0.15, 0.2) is 0 Å². The maximum absolute atomic E-state index is 3.59. The van der Waals surface area contributed by atoms with E-state index in [4.69, 9.17) is 0 Å². The Morgan fingerprint density at radius 1 is 1.27 bits per heavy atom. The molecule has 15 heavy (non-hydrogen) atoms. The van der Waals surface area contributed by atoms with Gasteiger partial charge in [0.15, 0.2) is 0 Å². The van der Waals surface area contributed by atoms with Crippen molar-refractivity contribution in [1.82, 2.24) is 10.2 Å². The van der Waals surface area contributed by atoms with Gasteiger partial charge in [-0.1, -0.05) is 34.1 Å². The van der Waals surface area contributed by atoms with Gasteiger partial charge in [0.05, 0.1) is 0 Å². The van der Waals surface area contributed by atoms with E-state index >= 15 is 0 Å². The van der Waals surface area contributed by atoms with Crippen LogP contribution < -0.4 is 5.32 Å². The molecule has 1 aliphatic rings. The molecular weight excluding hydrogens is 184 g/mol. The number of rotatable bonds is 8. The lowest BCUT2D eigenvalue weighted by molar-refractivity contribution is 0.178. The molecule has 0 aromatic heterocycles. The molecule has 0 aromatic carbocycles. The standard InChI is InChI=1S/C13H28N2/c1-5-7-13(10-14-11(3)4)15(6-2)12-8-9-12/h11-14H,5-10H2,1-4H3. The van der Waals surface area contributed by atoms with Crippen LogP contribution in [0.2, 0.25) is 0 Å². The van der Waals surface area contributed by atoms with E-state index in [1.807, 2.05) is 0 Å². The van der Waals surface area contributed by atoms with Crippen LogP contribution in [0.4, 0.5) is 0 Å². The Balaban J connectivity index is 2.38. The molecule has 1 fully saturated rings. The fourth-order valence-electron chi connectivity index (χ4n) is 2.31. The maximum Gasteiger partial charge on any atom is 0.0223 e. The summed E-state index contributed by atoms with van der Waals surface area (Å²) in [4.78, 5) is 2.71. The first-order chi connectivity index (χ1) is 7.19. The Bertz CT molecular complexity index is 164. The lowest BCUT2D eigenvalue weighted by Gasteiger charge is -2.31. The van der Waals surface area contributed by atoms with Gasteiger partial charge in [-0.2, -0.15) is 0 Å². The van der Waals surface area contributed by atoms with E-state index in [-0.39, 0.29) is 0 Å². The van der Waals surface area contributed by atoms with E-state index in [1.54, 1.807) is 0 Å². The largest absolute Gasteiger partial charge is 0.313 e. The predicted octanol–water partition coefficient (Wildman–Crippen LogP) is 2.64. The lowest BCUT2D eigenvalue weighted by atomic mass is 10.1. The van der Waals surface area contributed by atoms with Crippen molar-refractivity contribution in [2.24, 2.45) is 0 Å². The third-order valence-corrected chi connectivity index (χ3v) is 3.23. The summed E-state index contributed by atoms with van der Waals surface area (Å²) in [6.07, 6.45) is 5.49. The van der Waals surface area contributed by atoms with Crippen molar-refractivity contribution in [3.63, 3.8) is 0 Å². The second-order valence-corrected chi connectivity index (χ2v) is 5.07. The molecule has 0 amide bonds. The third-order valence-electron chi connectivity index (χ3n) is 3.23. The molecule has 0 aromatic rings. The maximum atomic E-state index is 3.59. The Morgan fingerprint density at radius 3 is 2.33 bits per heavy atom. The fourth-order valence-corrected chi connectivity index (χ4v) is 2.31. The minimum absolute atomic E-state index is 0.613. The number of hydrogen-bond acceptors (Lipinski definition) is 2. The van der Waals surface area contributed by atoms with Crippen molar-refractivity contribution < 1.29 is 0 Å². The molecule has 1 saturated carbocycles. The van der Waals surface area contributed by atoms with Gasteiger partial charge in [-0.15, -0.1) is 0 Å². The molecule has 1 rings (SSSR count). The molecule has 0 spiro atoms. The second-order valence-electron chi connectivity index (χ2n) is 5.07. The lowest BCUT2D eigenvalue weighted by Crippen LogP contribution is -2.45.